The first-order valence-corrected chi connectivity index (χ1v) is 8.38. The monoisotopic (exact) mass is 313 g/mol. The van der Waals surface area contributed by atoms with Gasteiger partial charge >= 0.3 is 11.9 Å². The molecule has 0 aliphatic heterocycles. The lowest BCUT2D eigenvalue weighted by Gasteiger charge is -2.17. The lowest BCUT2D eigenvalue weighted by atomic mass is 9.89. The summed E-state index contributed by atoms with van der Waals surface area (Å²) in [5, 5.41) is 17.9. The molecular weight excluding hydrogens is 282 g/mol. The van der Waals surface area contributed by atoms with E-state index in [4.69, 9.17) is 15.9 Å². The second-order valence-electron chi connectivity index (χ2n) is 5.87. The smallest absolute Gasteiger partial charge is 0.331 e. The quantitative estimate of drug-likeness (QED) is 0.336. The third-order valence-electron chi connectivity index (χ3n) is 3.86. The molecule has 0 aliphatic rings. The van der Waals surface area contributed by atoms with Crippen molar-refractivity contribution < 1.29 is 19.8 Å². The largest absolute Gasteiger partial charge is 0.478 e. The van der Waals surface area contributed by atoms with Gasteiger partial charge in [-0.05, 0) is 31.7 Å². The van der Waals surface area contributed by atoms with Gasteiger partial charge in [-0.1, -0.05) is 51.9 Å². The molecule has 0 radical (unpaired) electrons. The van der Waals surface area contributed by atoms with Gasteiger partial charge < -0.3 is 15.9 Å². The van der Waals surface area contributed by atoms with Gasteiger partial charge in [0, 0.05) is 11.6 Å². The normalized spacial score (nSPS) is 13.1. The average molecular weight is 313 g/mol. The van der Waals surface area contributed by atoms with Gasteiger partial charge in [-0.3, -0.25) is 0 Å². The van der Waals surface area contributed by atoms with E-state index in [1.54, 1.807) is 0 Å². The number of carboxylic acid groups (broad SMARTS) is 2. The Labute approximate surface area is 133 Å². The molecule has 0 heterocycles. The highest BCUT2D eigenvalue weighted by atomic mass is 16.4. The van der Waals surface area contributed by atoms with Gasteiger partial charge in [0.25, 0.3) is 0 Å². The average Bonchev–Trinajstić information content (AvgIpc) is 2.46. The Morgan fingerprint density at radius 3 is 2.14 bits per heavy atom. The van der Waals surface area contributed by atoms with Crippen molar-refractivity contribution in [3.8, 4) is 0 Å². The minimum absolute atomic E-state index is 0.0134. The maximum absolute atomic E-state index is 11.1. The standard InChI is InChI=1S/C17H31NO4/c1-2-3-4-5-6-7-9-14(10-8-11-18)12-15(17(21)22)13-16(19)20/h13-14H,2-12,18H2,1H3,(H,19,20)(H,21,22). The Kier molecular flexibility index (Phi) is 12.5. The van der Waals surface area contributed by atoms with Crippen LogP contribution < -0.4 is 5.73 Å². The number of aliphatic carboxylic acids is 2. The van der Waals surface area contributed by atoms with Crippen LogP contribution in [-0.4, -0.2) is 28.7 Å². The van der Waals surface area contributed by atoms with Gasteiger partial charge in [0.2, 0.25) is 0 Å². The predicted molar refractivity (Wildman–Crippen MR) is 87.7 cm³/mol. The zero-order valence-electron chi connectivity index (χ0n) is 13.7. The SMILES string of the molecule is CCCCCCCCC(CCCN)CC(=CC(=O)O)C(=O)O. The molecule has 128 valence electrons. The third kappa shape index (κ3) is 11.3. The lowest BCUT2D eigenvalue weighted by molar-refractivity contribution is -0.135. The molecule has 0 aromatic heterocycles. The van der Waals surface area contributed by atoms with E-state index in [-0.39, 0.29) is 11.5 Å². The van der Waals surface area contributed by atoms with E-state index in [0.29, 0.717) is 13.0 Å². The van der Waals surface area contributed by atoms with Crippen LogP contribution in [0.5, 0.6) is 0 Å². The van der Waals surface area contributed by atoms with E-state index in [9.17, 15) is 9.59 Å². The van der Waals surface area contributed by atoms with Crippen LogP contribution in [0, 0.1) is 5.92 Å². The number of carbonyl (C=O) groups is 2. The molecule has 1 atom stereocenters. The van der Waals surface area contributed by atoms with E-state index in [1.165, 1.54) is 25.7 Å². The van der Waals surface area contributed by atoms with Crippen molar-refractivity contribution in [1.29, 1.82) is 0 Å². The highest BCUT2D eigenvalue weighted by Crippen LogP contribution is 2.24. The molecule has 1 unspecified atom stereocenters. The number of rotatable bonds is 14. The molecule has 4 N–H and O–H groups in total. The third-order valence-corrected chi connectivity index (χ3v) is 3.86. The molecule has 0 saturated carbocycles. The van der Waals surface area contributed by atoms with Gasteiger partial charge in [-0.25, -0.2) is 9.59 Å². The van der Waals surface area contributed by atoms with Crippen LogP contribution in [0.2, 0.25) is 0 Å². The molecule has 5 nitrogen and oxygen atoms in total. The van der Waals surface area contributed by atoms with Crippen LogP contribution in [0.25, 0.3) is 0 Å². The molecule has 0 bridgehead atoms. The van der Waals surface area contributed by atoms with E-state index < -0.39 is 11.9 Å². The molecule has 0 saturated heterocycles. The van der Waals surface area contributed by atoms with Crippen LogP contribution in [0.4, 0.5) is 0 Å². The van der Waals surface area contributed by atoms with E-state index >= 15 is 0 Å². The summed E-state index contributed by atoms with van der Waals surface area (Å²) < 4.78 is 0. The fourth-order valence-corrected chi connectivity index (χ4v) is 2.64. The second kappa shape index (κ2) is 13.3. The van der Waals surface area contributed by atoms with Crippen molar-refractivity contribution in [2.75, 3.05) is 6.54 Å². The summed E-state index contributed by atoms with van der Waals surface area (Å²) in [6.45, 7) is 2.77. The van der Waals surface area contributed by atoms with E-state index in [1.807, 2.05) is 0 Å². The van der Waals surface area contributed by atoms with E-state index in [2.05, 4.69) is 6.92 Å². The molecule has 0 spiro atoms. The van der Waals surface area contributed by atoms with Crippen molar-refractivity contribution in [3.63, 3.8) is 0 Å². The fourth-order valence-electron chi connectivity index (χ4n) is 2.64. The number of nitrogens with two attached hydrogens (primary N) is 1. The predicted octanol–water partition coefficient (Wildman–Crippen LogP) is 3.58. The molecule has 0 aliphatic carbocycles. The maximum atomic E-state index is 11.1. The first-order chi connectivity index (χ1) is 10.5. The summed E-state index contributed by atoms with van der Waals surface area (Å²) in [6, 6.07) is 0. The Balaban J connectivity index is 4.36. The Bertz CT molecular complexity index is 353. The van der Waals surface area contributed by atoms with Gasteiger partial charge in [-0.15, -0.1) is 0 Å². The lowest BCUT2D eigenvalue weighted by Crippen LogP contribution is -2.12. The minimum Gasteiger partial charge on any atom is -0.478 e. The first kappa shape index (κ1) is 20.6. The number of unbranched alkanes of at least 4 members (excludes halogenated alkanes) is 5. The van der Waals surface area contributed by atoms with Crippen molar-refractivity contribution in [2.24, 2.45) is 11.7 Å². The number of hydrogen-bond acceptors (Lipinski definition) is 3. The summed E-state index contributed by atoms with van der Waals surface area (Å²) in [4.78, 5) is 21.8. The number of carboxylic acids is 2. The summed E-state index contributed by atoms with van der Waals surface area (Å²) >= 11 is 0. The van der Waals surface area contributed by atoms with Crippen molar-refractivity contribution in [1.82, 2.24) is 0 Å². The molecule has 22 heavy (non-hydrogen) atoms. The van der Waals surface area contributed by atoms with Crippen LogP contribution in [0.1, 0.15) is 71.1 Å². The van der Waals surface area contributed by atoms with Crippen LogP contribution in [0.15, 0.2) is 11.6 Å². The highest BCUT2D eigenvalue weighted by Gasteiger charge is 2.16. The van der Waals surface area contributed by atoms with Gasteiger partial charge in [0.15, 0.2) is 0 Å². The Morgan fingerprint density at radius 1 is 1.00 bits per heavy atom. The van der Waals surface area contributed by atoms with Gasteiger partial charge in [-0.2, -0.15) is 0 Å². The van der Waals surface area contributed by atoms with Crippen LogP contribution >= 0.6 is 0 Å². The molecule has 0 fully saturated rings. The van der Waals surface area contributed by atoms with Crippen molar-refractivity contribution in [3.05, 3.63) is 11.6 Å². The van der Waals surface area contributed by atoms with Crippen LogP contribution in [-0.2, 0) is 9.59 Å². The highest BCUT2D eigenvalue weighted by molar-refractivity contribution is 5.94. The molecular formula is C17H31NO4. The summed E-state index contributed by atoms with van der Waals surface area (Å²) in [5.41, 5.74) is 5.52. The maximum Gasteiger partial charge on any atom is 0.331 e. The topological polar surface area (TPSA) is 101 Å². The van der Waals surface area contributed by atoms with Gasteiger partial charge in [0.05, 0.1) is 0 Å². The fraction of sp³-hybridized carbons (Fsp3) is 0.765. The molecule has 0 aromatic carbocycles. The Morgan fingerprint density at radius 2 is 1.59 bits per heavy atom. The zero-order valence-corrected chi connectivity index (χ0v) is 13.7. The summed E-state index contributed by atoms with van der Waals surface area (Å²) in [7, 11) is 0. The van der Waals surface area contributed by atoms with Crippen molar-refractivity contribution in [2.45, 2.75) is 71.1 Å². The second-order valence-corrected chi connectivity index (χ2v) is 5.87. The van der Waals surface area contributed by atoms with Gasteiger partial charge in [0.1, 0.15) is 0 Å². The number of hydrogen-bond donors (Lipinski definition) is 3. The van der Waals surface area contributed by atoms with Crippen molar-refractivity contribution >= 4 is 11.9 Å². The van der Waals surface area contributed by atoms with E-state index in [0.717, 1.165) is 38.2 Å². The Hall–Kier alpha value is -1.36. The first-order valence-electron chi connectivity index (χ1n) is 8.38. The summed E-state index contributed by atoms with van der Waals surface area (Å²) in [5.74, 6) is -2.13. The summed E-state index contributed by atoms with van der Waals surface area (Å²) in [6.07, 6.45) is 11.0. The van der Waals surface area contributed by atoms with Crippen LogP contribution in [0.3, 0.4) is 0 Å². The minimum atomic E-state index is -1.20. The molecule has 0 amide bonds. The molecule has 0 rings (SSSR count). The molecule has 0 aromatic rings. The molecule has 5 heteroatoms. The zero-order chi connectivity index (χ0) is 16.8.